The van der Waals surface area contributed by atoms with Gasteiger partial charge in [0.25, 0.3) is 0 Å². The van der Waals surface area contributed by atoms with Crippen LogP contribution in [0.15, 0.2) is 21.8 Å². The van der Waals surface area contributed by atoms with Crippen LogP contribution >= 0.6 is 35.3 Å². The van der Waals surface area contributed by atoms with E-state index >= 15 is 0 Å². The first-order valence-corrected chi connectivity index (χ1v) is 9.38. The van der Waals surface area contributed by atoms with Crippen molar-refractivity contribution in [2.24, 2.45) is 16.6 Å². The van der Waals surface area contributed by atoms with Gasteiger partial charge in [0, 0.05) is 38.5 Å². The molecule has 1 aromatic heterocycles. The molecule has 5 nitrogen and oxygen atoms in total. The number of carbonyl (C=O) groups is 1. The predicted molar refractivity (Wildman–Crippen MR) is 112 cm³/mol. The van der Waals surface area contributed by atoms with E-state index in [4.69, 9.17) is 10.7 Å². The number of likely N-dealkylation sites (tertiary alicyclic amines) is 1. The standard InChI is InChI=1S/C17H28N4OS.HI/c1-3-19-17(20-10-13(2)15-6-8-23-12-15)21-7-4-5-14(11-21)9-16(18)22;/h6,8,12-14H,3-5,7,9-11H2,1-2H3,(H2,18,22)(H,19,20);1H. The minimum Gasteiger partial charge on any atom is -0.370 e. The fourth-order valence-corrected chi connectivity index (χ4v) is 3.80. The number of rotatable bonds is 6. The van der Waals surface area contributed by atoms with Gasteiger partial charge in [-0.05, 0) is 48.1 Å². The Bertz CT molecular complexity index is 521. The van der Waals surface area contributed by atoms with E-state index in [1.165, 1.54) is 5.56 Å². The fraction of sp³-hybridized carbons (Fsp3) is 0.647. The van der Waals surface area contributed by atoms with Gasteiger partial charge in [-0.1, -0.05) is 6.92 Å². The lowest BCUT2D eigenvalue weighted by atomic mass is 9.95. The van der Waals surface area contributed by atoms with Gasteiger partial charge in [-0.25, -0.2) is 0 Å². The van der Waals surface area contributed by atoms with Gasteiger partial charge < -0.3 is 16.0 Å². The molecule has 0 spiro atoms. The number of carbonyl (C=O) groups excluding carboxylic acids is 1. The second-order valence-corrected chi connectivity index (χ2v) is 7.06. The number of nitrogens with zero attached hydrogens (tertiary/aromatic N) is 2. The summed E-state index contributed by atoms with van der Waals surface area (Å²) in [6, 6.07) is 2.17. The van der Waals surface area contributed by atoms with Crippen molar-refractivity contribution in [3.8, 4) is 0 Å². The topological polar surface area (TPSA) is 70.7 Å². The van der Waals surface area contributed by atoms with Crippen LogP contribution in [0, 0.1) is 5.92 Å². The monoisotopic (exact) mass is 464 g/mol. The summed E-state index contributed by atoms with van der Waals surface area (Å²) in [6.07, 6.45) is 2.63. The Morgan fingerprint density at radius 3 is 3.00 bits per heavy atom. The summed E-state index contributed by atoms with van der Waals surface area (Å²) < 4.78 is 0. The SMILES string of the molecule is CCNC(=NCC(C)c1ccsc1)N1CCCC(CC(N)=O)C1.I. The van der Waals surface area contributed by atoms with E-state index in [0.29, 0.717) is 18.3 Å². The van der Waals surface area contributed by atoms with Gasteiger partial charge in [0.05, 0.1) is 0 Å². The van der Waals surface area contributed by atoms with Gasteiger partial charge in [-0.15, -0.1) is 24.0 Å². The highest BCUT2D eigenvalue weighted by Gasteiger charge is 2.23. The summed E-state index contributed by atoms with van der Waals surface area (Å²) >= 11 is 1.73. The zero-order valence-electron chi connectivity index (χ0n) is 14.5. The first kappa shape index (κ1) is 21.2. The molecular formula is C17H29IN4OS. The van der Waals surface area contributed by atoms with Gasteiger partial charge >= 0.3 is 0 Å². The van der Waals surface area contributed by atoms with E-state index < -0.39 is 0 Å². The van der Waals surface area contributed by atoms with E-state index in [9.17, 15) is 4.79 Å². The van der Waals surface area contributed by atoms with Crippen molar-refractivity contribution in [2.75, 3.05) is 26.2 Å². The summed E-state index contributed by atoms with van der Waals surface area (Å²) in [5.41, 5.74) is 6.70. The van der Waals surface area contributed by atoms with Gasteiger partial charge in [0.15, 0.2) is 5.96 Å². The Kier molecular flexibility index (Phi) is 9.65. The number of amides is 1. The smallest absolute Gasteiger partial charge is 0.217 e. The highest BCUT2D eigenvalue weighted by molar-refractivity contribution is 14.0. The third-order valence-corrected chi connectivity index (χ3v) is 4.97. The molecule has 7 heteroatoms. The maximum Gasteiger partial charge on any atom is 0.217 e. The molecule has 0 saturated carbocycles. The summed E-state index contributed by atoms with van der Waals surface area (Å²) in [7, 11) is 0. The zero-order chi connectivity index (χ0) is 16.7. The molecule has 0 bridgehead atoms. The van der Waals surface area contributed by atoms with Gasteiger partial charge in [0.2, 0.25) is 5.91 Å². The van der Waals surface area contributed by atoms with Crippen molar-refractivity contribution in [2.45, 2.75) is 39.0 Å². The zero-order valence-corrected chi connectivity index (χ0v) is 17.7. The van der Waals surface area contributed by atoms with Crippen LogP contribution in [0.2, 0.25) is 0 Å². The van der Waals surface area contributed by atoms with Crippen LogP contribution in [-0.2, 0) is 4.79 Å². The number of thiophene rings is 1. The Morgan fingerprint density at radius 1 is 1.58 bits per heavy atom. The maximum absolute atomic E-state index is 11.2. The fourth-order valence-electron chi connectivity index (χ4n) is 3.02. The molecule has 24 heavy (non-hydrogen) atoms. The lowest BCUT2D eigenvalue weighted by Crippen LogP contribution is -2.47. The normalized spacial score (nSPS) is 19.5. The maximum atomic E-state index is 11.2. The molecule has 2 rings (SSSR count). The average molecular weight is 464 g/mol. The van der Waals surface area contributed by atoms with E-state index in [1.54, 1.807) is 11.3 Å². The highest BCUT2D eigenvalue weighted by atomic mass is 127. The van der Waals surface area contributed by atoms with Crippen LogP contribution in [0.4, 0.5) is 0 Å². The van der Waals surface area contributed by atoms with Crippen LogP contribution in [-0.4, -0.2) is 42.9 Å². The number of guanidine groups is 1. The number of piperidine rings is 1. The van der Waals surface area contributed by atoms with E-state index in [1.807, 2.05) is 0 Å². The molecule has 1 amide bonds. The quantitative estimate of drug-likeness (QED) is 0.386. The lowest BCUT2D eigenvalue weighted by molar-refractivity contribution is -0.119. The molecule has 2 heterocycles. The van der Waals surface area contributed by atoms with Crippen LogP contribution in [0.5, 0.6) is 0 Å². The minimum absolute atomic E-state index is 0. The predicted octanol–water partition coefficient (Wildman–Crippen LogP) is 3.02. The van der Waals surface area contributed by atoms with Crippen molar-refractivity contribution in [3.05, 3.63) is 22.4 Å². The summed E-state index contributed by atoms with van der Waals surface area (Å²) in [6.45, 7) is 7.78. The first-order chi connectivity index (χ1) is 11.1. The Balaban J connectivity index is 0.00000288. The summed E-state index contributed by atoms with van der Waals surface area (Å²) in [5.74, 6) is 1.52. The van der Waals surface area contributed by atoms with Crippen LogP contribution in [0.1, 0.15) is 44.6 Å². The summed E-state index contributed by atoms with van der Waals surface area (Å²) in [5, 5.41) is 7.69. The Morgan fingerprint density at radius 2 is 2.38 bits per heavy atom. The first-order valence-electron chi connectivity index (χ1n) is 8.43. The molecule has 2 unspecified atom stereocenters. The third-order valence-electron chi connectivity index (χ3n) is 4.27. The molecule has 0 aliphatic carbocycles. The molecule has 1 aliphatic rings. The Hall–Kier alpha value is -0.830. The molecule has 1 aromatic rings. The molecule has 1 fully saturated rings. The van der Waals surface area contributed by atoms with Crippen LogP contribution < -0.4 is 11.1 Å². The van der Waals surface area contributed by atoms with E-state index in [-0.39, 0.29) is 29.9 Å². The molecule has 3 N–H and O–H groups in total. The van der Waals surface area contributed by atoms with Gasteiger partial charge in [0.1, 0.15) is 0 Å². The number of halogens is 1. The second-order valence-electron chi connectivity index (χ2n) is 6.28. The van der Waals surface area contributed by atoms with Crippen molar-refractivity contribution in [3.63, 3.8) is 0 Å². The number of primary amides is 1. The molecular weight excluding hydrogens is 435 g/mol. The highest BCUT2D eigenvalue weighted by Crippen LogP contribution is 2.21. The number of aliphatic imine (C=N–C) groups is 1. The van der Waals surface area contributed by atoms with Crippen molar-refractivity contribution < 1.29 is 4.79 Å². The third kappa shape index (κ3) is 6.58. The summed E-state index contributed by atoms with van der Waals surface area (Å²) in [4.78, 5) is 18.3. The Labute approximate surface area is 166 Å². The molecule has 0 aromatic carbocycles. The largest absolute Gasteiger partial charge is 0.370 e. The number of hydrogen-bond donors (Lipinski definition) is 2. The molecule has 1 aliphatic heterocycles. The van der Waals surface area contributed by atoms with Crippen LogP contribution in [0.25, 0.3) is 0 Å². The minimum atomic E-state index is -0.204. The number of nitrogens with two attached hydrogens (primary N) is 1. The van der Waals surface area contributed by atoms with Crippen LogP contribution in [0.3, 0.4) is 0 Å². The van der Waals surface area contributed by atoms with Crippen molar-refractivity contribution >= 4 is 47.2 Å². The molecule has 0 radical (unpaired) electrons. The molecule has 136 valence electrons. The second kappa shape index (κ2) is 10.9. The van der Waals surface area contributed by atoms with E-state index in [0.717, 1.165) is 45.0 Å². The molecule has 1 saturated heterocycles. The van der Waals surface area contributed by atoms with Gasteiger partial charge in [-0.3, -0.25) is 9.79 Å². The lowest BCUT2D eigenvalue weighted by Gasteiger charge is -2.34. The van der Waals surface area contributed by atoms with Gasteiger partial charge in [-0.2, -0.15) is 11.3 Å². The van der Waals surface area contributed by atoms with Crippen molar-refractivity contribution in [1.29, 1.82) is 0 Å². The van der Waals surface area contributed by atoms with E-state index in [2.05, 4.69) is 40.9 Å². The average Bonchev–Trinajstić information content (AvgIpc) is 3.05. The van der Waals surface area contributed by atoms with Crippen molar-refractivity contribution in [1.82, 2.24) is 10.2 Å². The number of nitrogens with one attached hydrogen (secondary N) is 1. The molecule has 2 atom stereocenters. The number of hydrogen-bond acceptors (Lipinski definition) is 3.